The van der Waals surface area contributed by atoms with E-state index in [1.54, 1.807) is 0 Å². The van der Waals surface area contributed by atoms with Gasteiger partial charge >= 0.3 is 0 Å². The number of ether oxygens (including phenoxy) is 1. The largest absolute Gasteiger partial charge is 0.370 e. The second-order valence-corrected chi connectivity index (χ2v) is 8.97. The summed E-state index contributed by atoms with van der Waals surface area (Å²) in [7, 11) is 0. The van der Waals surface area contributed by atoms with E-state index in [4.69, 9.17) is 19.2 Å². The average molecular weight is 464 g/mol. The first-order chi connectivity index (χ1) is 16.5. The Morgan fingerprint density at radius 3 is 2.50 bits per heavy atom. The molecule has 0 spiro atoms. The van der Waals surface area contributed by atoms with Crippen molar-refractivity contribution in [2.24, 2.45) is 0 Å². The van der Waals surface area contributed by atoms with E-state index in [0.29, 0.717) is 65.5 Å². The van der Waals surface area contributed by atoms with Crippen molar-refractivity contribution in [3.8, 4) is 11.3 Å². The summed E-state index contributed by atoms with van der Waals surface area (Å²) in [6, 6.07) is 3.42. The number of hydrogen-bond acceptors (Lipinski definition) is 8. The van der Waals surface area contributed by atoms with Gasteiger partial charge < -0.3 is 9.26 Å². The fraction of sp³-hybridized carbons (Fsp3) is 0.417. The van der Waals surface area contributed by atoms with Crippen molar-refractivity contribution in [2.45, 2.75) is 57.5 Å². The van der Waals surface area contributed by atoms with E-state index >= 15 is 0 Å². The molecule has 174 valence electrons. The predicted octanol–water partition coefficient (Wildman–Crippen LogP) is 4.88. The third-order valence-electron chi connectivity index (χ3n) is 6.47. The lowest BCUT2D eigenvalue weighted by Crippen LogP contribution is -2.21. The molecular weight excluding hydrogens is 442 g/mol. The molecule has 8 nitrogen and oxygen atoms in total. The van der Waals surface area contributed by atoms with Gasteiger partial charge in [0.2, 0.25) is 11.7 Å². The molecule has 0 amide bonds. The summed E-state index contributed by atoms with van der Waals surface area (Å²) < 4.78 is 39.7. The maximum Gasteiger partial charge on any atom is 0.229 e. The Hall–Kier alpha value is -3.40. The van der Waals surface area contributed by atoms with Crippen LogP contribution >= 0.6 is 0 Å². The molecule has 6 rings (SSSR count). The zero-order valence-corrected chi connectivity index (χ0v) is 18.8. The Morgan fingerprint density at radius 2 is 1.71 bits per heavy atom. The summed E-state index contributed by atoms with van der Waals surface area (Å²) in [6.45, 7) is 4.15. The Kier molecular flexibility index (Phi) is 5.05. The molecule has 2 aliphatic rings. The third kappa shape index (κ3) is 3.81. The van der Waals surface area contributed by atoms with Crippen LogP contribution < -0.4 is 0 Å². The fourth-order valence-corrected chi connectivity index (χ4v) is 4.27. The second-order valence-electron chi connectivity index (χ2n) is 8.97. The topological polar surface area (TPSA) is 99.7 Å². The van der Waals surface area contributed by atoms with Crippen molar-refractivity contribution in [1.82, 2.24) is 30.1 Å². The molecule has 10 heteroatoms. The molecule has 2 fully saturated rings. The van der Waals surface area contributed by atoms with Crippen LogP contribution in [0, 0.1) is 25.5 Å². The van der Waals surface area contributed by atoms with Gasteiger partial charge in [-0.15, -0.1) is 0 Å². The first-order valence-electron chi connectivity index (χ1n) is 11.4. The fourth-order valence-electron chi connectivity index (χ4n) is 4.27. The van der Waals surface area contributed by atoms with Crippen molar-refractivity contribution in [3.63, 3.8) is 0 Å². The summed E-state index contributed by atoms with van der Waals surface area (Å²) >= 11 is 0. The van der Waals surface area contributed by atoms with Gasteiger partial charge in [-0.25, -0.2) is 28.7 Å². The van der Waals surface area contributed by atoms with Crippen LogP contribution in [-0.2, 0) is 4.74 Å². The minimum atomic E-state index is -0.713. The number of benzene rings is 1. The van der Waals surface area contributed by atoms with E-state index < -0.39 is 11.6 Å². The number of rotatable bonds is 4. The number of halogens is 2. The van der Waals surface area contributed by atoms with E-state index in [1.165, 1.54) is 12.1 Å². The predicted molar refractivity (Wildman–Crippen MR) is 117 cm³/mol. The summed E-state index contributed by atoms with van der Waals surface area (Å²) in [5.41, 5.74) is 2.64. The highest BCUT2D eigenvalue weighted by Crippen LogP contribution is 2.41. The molecule has 0 radical (unpaired) electrons. The molecule has 1 aliphatic heterocycles. The van der Waals surface area contributed by atoms with Gasteiger partial charge in [0.15, 0.2) is 5.65 Å². The van der Waals surface area contributed by atoms with Crippen LogP contribution in [0.5, 0.6) is 0 Å². The summed E-state index contributed by atoms with van der Waals surface area (Å²) in [5.74, 6) is 0.620. The van der Waals surface area contributed by atoms with Crippen LogP contribution in [0.15, 0.2) is 22.7 Å². The van der Waals surface area contributed by atoms with Crippen LogP contribution in [0.25, 0.3) is 22.4 Å². The minimum absolute atomic E-state index is 0.0864. The molecule has 34 heavy (non-hydrogen) atoms. The molecule has 1 aromatic carbocycles. The van der Waals surface area contributed by atoms with E-state index in [-0.39, 0.29) is 17.6 Å². The molecular formula is C24H22F2N6O2. The van der Waals surface area contributed by atoms with E-state index in [9.17, 15) is 8.78 Å². The normalized spacial score (nSPS) is 20.7. The minimum Gasteiger partial charge on any atom is -0.370 e. The van der Waals surface area contributed by atoms with E-state index in [0.717, 1.165) is 24.6 Å². The Balaban J connectivity index is 1.41. The van der Waals surface area contributed by atoms with Crippen molar-refractivity contribution >= 4 is 11.2 Å². The molecule has 0 bridgehead atoms. The molecule has 1 saturated heterocycles. The van der Waals surface area contributed by atoms with Gasteiger partial charge in [-0.3, -0.25) is 0 Å². The number of fused-ring (bicyclic) bond motifs is 1. The van der Waals surface area contributed by atoms with E-state index in [1.807, 2.05) is 13.8 Å². The molecule has 4 aromatic rings. The monoisotopic (exact) mass is 464 g/mol. The molecule has 2 atom stereocenters. The Bertz CT molecular complexity index is 1400. The zero-order chi connectivity index (χ0) is 23.4. The molecule has 1 aliphatic carbocycles. The van der Waals surface area contributed by atoms with Crippen LogP contribution in [0.3, 0.4) is 0 Å². The van der Waals surface area contributed by atoms with Gasteiger partial charge in [0, 0.05) is 30.1 Å². The summed E-state index contributed by atoms with van der Waals surface area (Å²) in [5, 5.41) is 4.13. The first kappa shape index (κ1) is 21.2. The van der Waals surface area contributed by atoms with Gasteiger partial charge in [0.05, 0.1) is 11.4 Å². The SMILES string of the molecule is Cc1nc2nc([C@@H]3CCO[C@@H](c4noc(C5CC5)n4)C3)nc(-c3ccc(F)cc3F)c2nc1C. The second kappa shape index (κ2) is 8.12. The van der Waals surface area contributed by atoms with Gasteiger partial charge in [0.1, 0.15) is 34.8 Å². The first-order valence-corrected chi connectivity index (χ1v) is 11.4. The number of nitrogens with zero attached hydrogens (tertiary/aromatic N) is 6. The molecule has 4 heterocycles. The molecule has 0 unspecified atom stereocenters. The van der Waals surface area contributed by atoms with Gasteiger partial charge in [-0.1, -0.05) is 5.16 Å². The van der Waals surface area contributed by atoms with Crippen molar-refractivity contribution in [2.75, 3.05) is 6.61 Å². The number of aryl methyl sites for hydroxylation is 2. The highest BCUT2D eigenvalue weighted by atomic mass is 19.1. The molecule has 0 N–H and O–H groups in total. The lowest BCUT2D eigenvalue weighted by atomic mass is 9.94. The van der Waals surface area contributed by atoms with Crippen LogP contribution in [-0.4, -0.2) is 36.7 Å². The van der Waals surface area contributed by atoms with Gasteiger partial charge in [0.25, 0.3) is 0 Å². The highest BCUT2D eigenvalue weighted by molar-refractivity contribution is 5.87. The lowest BCUT2D eigenvalue weighted by molar-refractivity contribution is -0.00240. The van der Waals surface area contributed by atoms with Crippen LogP contribution in [0.1, 0.15) is 72.6 Å². The zero-order valence-electron chi connectivity index (χ0n) is 18.8. The summed E-state index contributed by atoms with van der Waals surface area (Å²) in [4.78, 5) is 23.1. The quantitative estimate of drug-likeness (QED) is 0.421. The molecule has 3 aromatic heterocycles. The van der Waals surface area contributed by atoms with E-state index in [2.05, 4.69) is 20.1 Å². The summed E-state index contributed by atoms with van der Waals surface area (Å²) in [6.07, 6.45) is 3.04. The van der Waals surface area contributed by atoms with Crippen molar-refractivity contribution < 1.29 is 18.0 Å². The number of hydrogen-bond donors (Lipinski definition) is 0. The Morgan fingerprint density at radius 1 is 0.882 bits per heavy atom. The lowest BCUT2D eigenvalue weighted by Gasteiger charge is -2.27. The maximum absolute atomic E-state index is 14.8. The van der Waals surface area contributed by atoms with Crippen LogP contribution in [0.4, 0.5) is 8.78 Å². The molecule has 1 saturated carbocycles. The van der Waals surface area contributed by atoms with Crippen molar-refractivity contribution in [1.29, 1.82) is 0 Å². The highest BCUT2D eigenvalue weighted by Gasteiger charge is 2.34. The average Bonchev–Trinajstić information content (AvgIpc) is 3.56. The van der Waals surface area contributed by atoms with Crippen molar-refractivity contribution in [3.05, 3.63) is 58.8 Å². The maximum atomic E-state index is 14.8. The standard InChI is InChI=1S/C24H22F2N6O2/c1-11-12(2)28-23-20(27-11)19(16-6-5-15(25)10-17(16)26)29-21(30-23)14-7-8-33-18(9-14)22-31-24(34-32-22)13-3-4-13/h5-6,10,13-14,18H,3-4,7-9H2,1-2H3/t14-,18-/m1/s1. The van der Waals surface area contributed by atoms with Gasteiger partial charge in [-0.2, -0.15) is 4.98 Å². The van der Waals surface area contributed by atoms with Crippen LogP contribution in [0.2, 0.25) is 0 Å². The van der Waals surface area contributed by atoms with Gasteiger partial charge in [-0.05, 0) is 51.7 Å². The third-order valence-corrected chi connectivity index (χ3v) is 6.47. The smallest absolute Gasteiger partial charge is 0.229 e. The Labute approximate surface area is 193 Å². The number of aromatic nitrogens is 6.